The van der Waals surface area contributed by atoms with Crippen LogP contribution in [0.15, 0.2) is 30.3 Å². The molecule has 106 valence electrons. The monoisotopic (exact) mass is 260 g/mol. The molecule has 0 bridgehead atoms. The first-order valence-electron chi connectivity index (χ1n) is 7.84. The molecule has 1 N–H and O–H groups in total. The second kappa shape index (κ2) is 7.66. The van der Waals surface area contributed by atoms with Gasteiger partial charge in [-0.1, -0.05) is 57.0 Å². The Morgan fingerprint density at radius 2 is 1.84 bits per heavy atom. The van der Waals surface area contributed by atoms with Gasteiger partial charge in [0.25, 0.3) is 0 Å². The van der Waals surface area contributed by atoms with Gasteiger partial charge < -0.3 is 5.32 Å². The SMILES string of the molecule is CCC[C@H]1CN(Cc2ccccc2)[C@@H](CCC)CN1. The van der Waals surface area contributed by atoms with E-state index in [2.05, 4.69) is 54.4 Å². The fraction of sp³-hybridized carbons (Fsp3) is 0.647. The summed E-state index contributed by atoms with van der Waals surface area (Å²) in [7, 11) is 0. The third-order valence-electron chi connectivity index (χ3n) is 4.10. The molecule has 1 fully saturated rings. The standard InChI is InChI=1S/C17H28N2/c1-3-8-16-14-19(17(9-4-2)12-18-16)13-15-10-6-5-7-11-15/h5-7,10-11,16-18H,3-4,8-9,12-14H2,1-2H3/t16-,17-/m0/s1. The quantitative estimate of drug-likeness (QED) is 0.843. The van der Waals surface area contributed by atoms with Crippen LogP contribution in [0, 0.1) is 0 Å². The third-order valence-corrected chi connectivity index (χ3v) is 4.10. The predicted molar refractivity (Wildman–Crippen MR) is 82.2 cm³/mol. The van der Waals surface area contributed by atoms with Crippen LogP contribution in [0.1, 0.15) is 45.1 Å². The molecule has 2 atom stereocenters. The zero-order valence-electron chi connectivity index (χ0n) is 12.4. The Labute approximate surface area is 118 Å². The Balaban J connectivity index is 1.98. The van der Waals surface area contributed by atoms with Crippen molar-refractivity contribution in [3.05, 3.63) is 35.9 Å². The van der Waals surface area contributed by atoms with Crippen LogP contribution >= 0.6 is 0 Å². The van der Waals surface area contributed by atoms with Crippen LogP contribution in [-0.4, -0.2) is 30.1 Å². The Bertz CT molecular complexity index is 350. The molecule has 0 amide bonds. The lowest BCUT2D eigenvalue weighted by Gasteiger charge is -2.40. The van der Waals surface area contributed by atoms with Crippen molar-refractivity contribution in [2.24, 2.45) is 0 Å². The highest BCUT2D eigenvalue weighted by atomic mass is 15.2. The average Bonchev–Trinajstić information content (AvgIpc) is 2.43. The largest absolute Gasteiger partial charge is 0.311 e. The van der Waals surface area contributed by atoms with Gasteiger partial charge in [-0.25, -0.2) is 0 Å². The highest BCUT2D eigenvalue weighted by molar-refractivity contribution is 5.14. The first-order chi connectivity index (χ1) is 9.33. The van der Waals surface area contributed by atoms with Gasteiger partial charge in [0.2, 0.25) is 0 Å². The van der Waals surface area contributed by atoms with Crippen molar-refractivity contribution in [3.8, 4) is 0 Å². The van der Waals surface area contributed by atoms with Crippen molar-refractivity contribution < 1.29 is 0 Å². The molecule has 1 heterocycles. The number of rotatable bonds is 6. The molecule has 0 radical (unpaired) electrons. The van der Waals surface area contributed by atoms with Gasteiger partial charge in [0.1, 0.15) is 0 Å². The van der Waals surface area contributed by atoms with Crippen LogP contribution in [0.5, 0.6) is 0 Å². The van der Waals surface area contributed by atoms with Crippen LogP contribution in [0.2, 0.25) is 0 Å². The van der Waals surface area contributed by atoms with E-state index in [1.807, 2.05) is 0 Å². The first kappa shape index (κ1) is 14.5. The summed E-state index contributed by atoms with van der Waals surface area (Å²) in [6, 6.07) is 12.3. The van der Waals surface area contributed by atoms with Crippen molar-refractivity contribution in [3.63, 3.8) is 0 Å². The van der Waals surface area contributed by atoms with E-state index in [9.17, 15) is 0 Å². The molecule has 1 saturated heterocycles. The number of piperazine rings is 1. The van der Waals surface area contributed by atoms with Crippen LogP contribution < -0.4 is 5.32 Å². The maximum absolute atomic E-state index is 3.73. The second-order valence-corrected chi connectivity index (χ2v) is 5.75. The van der Waals surface area contributed by atoms with E-state index in [0.717, 1.165) is 13.1 Å². The van der Waals surface area contributed by atoms with Crippen LogP contribution in [0.4, 0.5) is 0 Å². The fourth-order valence-corrected chi connectivity index (χ4v) is 3.10. The summed E-state index contributed by atoms with van der Waals surface area (Å²) in [4.78, 5) is 2.69. The molecule has 0 unspecified atom stereocenters. The maximum Gasteiger partial charge on any atom is 0.0237 e. The number of hydrogen-bond acceptors (Lipinski definition) is 2. The van der Waals surface area contributed by atoms with Crippen molar-refractivity contribution in [1.29, 1.82) is 0 Å². The molecule has 0 spiro atoms. The lowest BCUT2D eigenvalue weighted by molar-refractivity contribution is 0.112. The van der Waals surface area contributed by atoms with E-state index in [4.69, 9.17) is 0 Å². The molecule has 1 aliphatic rings. The molecule has 1 aromatic carbocycles. The van der Waals surface area contributed by atoms with Gasteiger partial charge in [0.05, 0.1) is 0 Å². The molecule has 2 nitrogen and oxygen atoms in total. The minimum absolute atomic E-state index is 0.682. The Hall–Kier alpha value is -0.860. The smallest absolute Gasteiger partial charge is 0.0237 e. The maximum atomic E-state index is 3.73. The lowest BCUT2D eigenvalue weighted by atomic mass is 10.0. The fourth-order valence-electron chi connectivity index (χ4n) is 3.10. The molecule has 19 heavy (non-hydrogen) atoms. The molecular weight excluding hydrogens is 232 g/mol. The first-order valence-corrected chi connectivity index (χ1v) is 7.84. The number of hydrogen-bond donors (Lipinski definition) is 1. The van der Waals surface area contributed by atoms with E-state index in [1.165, 1.54) is 37.8 Å². The van der Waals surface area contributed by atoms with Crippen molar-refractivity contribution in [2.75, 3.05) is 13.1 Å². The van der Waals surface area contributed by atoms with Gasteiger partial charge in [-0.2, -0.15) is 0 Å². The topological polar surface area (TPSA) is 15.3 Å². The van der Waals surface area contributed by atoms with E-state index < -0.39 is 0 Å². The molecule has 2 heteroatoms. The Kier molecular flexibility index (Phi) is 5.87. The van der Waals surface area contributed by atoms with E-state index in [0.29, 0.717) is 12.1 Å². The minimum Gasteiger partial charge on any atom is -0.311 e. The van der Waals surface area contributed by atoms with Crippen molar-refractivity contribution in [1.82, 2.24) is 10.2 Å². The molecule has 0 aliphatic carbocycles. The third kappa shape index (κ3) is 4.32. The lowest BCUT2D eigenvalue weighted by Crippen LogP contribution is -2.55. The normalized spacial score (nSPS) is 24.5. The van der Waals surface area contributed by atoms with Gasteiger partial charge in [-0.05, 0) is 18.4 Å². The van der Waals surface area contributed by atoms with E-state index in [1.54, 1.807) is 0 Å². The van der Waals surface area contributed by atoms with Crippen molar-refractivity contribution in [2.45, 2.75) is 58.2 Å². The number of nitrogens with zero attached hydrogens (tertiary/aromatic N) is 1. The summed E-state index contributed by atoms with van der Waals surface area (Å²) in [5.74, 6) is 0. The van der Waals surface area contributed by atoms with Gasteiger partial charge >= 0.3 is 0 Å². The van der Waals surface area contributed by atoms with E-state index in [-0.39, 0.29) is 0 Å². The molecule has 0 aromatic heterocycles. The molecule has 1 aromatic rings. The van der Waals surface area contributed by atoms with Gasteiger partial charge in [-0.3, -0.25) is 4.90 Å². The van der Waals surface area contributed by atoms with Crippen LogP contribution in [0.25, 0.3) is 0 Å². The number of nitrogens with one attached hydrogen (secondary N) is 1. The molecule has 1 aliphatic heterocycles. The highest BCUT2D eigenvalue weighted by Crippen LogP contribution is 2.17. The summed E-state index contributed by atoms with van der Waals surface area (Å²) in [5, 5.41) is 3.73. The number of benzene rings is 1. The average molecular weight is 260 g/mol. The minimum atomic E-state index is 0.682. The van der Waals surface area contributed by atoms with Crippen molar-refractivity contribution >= 4 is 0 Å². The van der Waals surface area contributed by atoms with Gasteiger partial charge in [-0.15, -0.1) is 0 Å². The Morgan fingerprint density at radius 3 is 2.53 bits per heavy atom. The molecular formula is C17H28N2. The summed E-state index contributed by atoms with van der Waals surface area (Å²) in [5.41, 5.74) is 1.45. The van der Waals surface area contributed by atoms with Crippen LogP contribution in [0.3, 0.4) is 0 Å². The molecule has 2 rings (SSSR count). The summed E-state index contributed by atoms with van der Waals surface area (Å²) in [6.07, 6.45) is 5.15. The van der Waals surface area contributed by atoms with Crippen LogP contribution in [-0.2, 0) is 6.54 Å². The summed E-state index contributed by atoms with van der Waals surface area (Å²) >= 11 is 0. The second-order valence-electron chi connectivity index (χ2n) is 5.75. The van der Waals surface area contributed by atoms with Gasteiger partial charge in [0, 0.05) is 31.7 Å². The summed E-state index contributed by atoms with van der Waals surface area (Å²) in [6.45, 7) is 8.03. The predicted octanol–water partition coefficient (Wildman–Crippen LogP) is 3.43. The molecule has 0 saturated carbocycles. The van der Waals surface area contributed by atoms with Gasteiger partial charge in [0.15, 0.2) is 0 Å². The Morgan fingerprint density at radius 1 is 1.11 bits per heavy atom. The summed E-state index contributed by atoms with van der Waals surface area (Å²) < 4.78 is 0. The zero-order valence-corrected chi connectivity index (χ0v) is 12.4. The zero-order chi connectivity index (χ0) is 13.5. The highest BCUT2D eigenvalue weighted by Gasteiger charge is 2.26. The van der Waals surface area contributed by atoms with E-state index >= 15 is 0 Å².